The van der Waals surface area contributed by atoms with Crippen molar-refractivity contribution in [3.05, 3.63) is 47.5 Å². The zero-order chi connectivity index (χ0) is 40.6. The molecule has 0 aliphatic carbocycles. The number of methoxy groups -OCH3 is 6. The van der Waals surface area contributed by atoms with Crippen molar-refractivity contribution in [2.24, 2.45) is 0 Å². The van der Waals surface area contributed by atoms with Crippen LogP contribution in [0.3, 0.4) is 0 Å². The lowest BCUT2D eigenvalue weighted by Crippen LogP contribution is -2.43. The summed E-state index contributed by atoms with van der Waals surface area (Å²) in [5.41, 5.74) is 3.71. The lowest BCUT2D eigenvalue weighted by atomic mass is 9.92. The molecule has 4 rings (SSSR count). The van der Waals surface area contributed by atoms with Gasteiger partial charge in [0.1, 0.15) is 34.5 Å². The van der Waals surface area contributed by atoms with Crippen LogP contribution in [0.25, 0.3) is 32.7 Å². The molecule has 0 saturated carbocycles. The van der Waals surface area contributed by atoms with E-state index in [9.17, 15) is 0 Å². The van der Waals surface area contributed by atoms with Crippen LogP contribution in [0, 0.1) is 0 Å². The molecular weight excluding hydrogens is 713 g/mol. The summed E-state index contributed by atoms with van der Waals surface area (Å²) in [6, 6.07) is 12.4. The van der Waals surface area contributed by atoms with E-state index < -0.39 is 16.6 Å². The number of fused-ring (bicyclic) bond motifs is 2. The van der Waals surface area contributed by atoms with E-state index in [0.29, 0.717) is 35.8 Å². The third kappa shape index (κ3) is 8.37. The van der Waals surface area contributed by atoms with Crippen LogP contribution >= 0.6 is 0 Å². The highest BCUT2D eigenvalue weighted by molar-refractivity contribution is 6.74. The summed E-state index contributed by atoms with van der Waals surface area (Å²) in [5, 5.41) is 3.63. The minimum Gasteiger partial charge on any atom is -0.496 e. The summed E-state index contributed by atoms with van der Waals surface area (Å²) in [4.78, 5) is 0. The summed E-state index contributed by atoms with van der Waals surface area (Å²) in [5.74, 6) is 4.23. The zero-order valence-electron chi connectivity index (χ0n) is 36.3. The molecule has 0 N–H and O–H groups in total. The first-order valence-electron chi connectivity index (χ1n) is 19.0. The van der Waals surface area contributed by atoms with Crippen molar-refractivity contribution in [3.8, 4) is 45.6 Å². The van der Waals surface area contributed by atoms with Crippen molar-refractivity contribution < 1.29 is 37.3 Å². The Morgan fingerprint density at radius 3 is 1.06 bits per heavy atom. The van der Waals surface area contributed by atoms with Crippen molar-refractivity contribution >= 4 is 38.2 Å². The Hall–Kier alpha value is -3.45. The largest absolute Gasteiger partial charge is 0.496 e. The van der Waals surface area contributed by atoms with Gasteiger partial charge in [-0.05, 0) is 86.5 Å². The SMILES string of the molecule is COc1c(C[C@H](C)O[Si](C)(C)C(C)(C)C)cc(OC)c2c(OC)c(-c3ccc4c(OC)c(C[C@H](C)O[Si](C)(C)C(C)(C)C)cc(OC)c4c3OC)ccc12. The molecule has 0 spiro atoms. The van der Waals surface area contributed by atoms with Gasteiger partial charge in [0, 0.05) is 58.1 Å². The topological polar surface area (TPSA) is 73.8 Å². The maximum absolute atomic E-state index is 6.75. The molecule has 0 aromatic heterocycles. The maximum Gasteiger partial charge on any atom is 0.192 e. The van der Waals surface area contributed by atoms with Gasteiger partial charge < -0.3 is 37.3 Å². The summed E-state index contributed by atoms with van der Waals surface area (Å²) in [7, 11) is 6.22. The number of hydrogen-bond acceptors (Lipinski definition) is 8. The van der Waals surface area contributed by atoms with E-state index in [4.69, 9.17) is 37.3 Å². The molecule has 0 radical (unpaired) electrons. The summed E-state index contributed by atoms with van der Waals surface area (Å²) in [6.07, 6.45) is 1.33. The number of rotatable bonds is 15. The molecule has 0 bridgehead atoms. The molecule has 0 unspecified atom stereocenters. The molecule has 2 atom stereocenters. The average molecular weight is 779 g/mol. The Balaban J connectivity index is 1.89. The summed E-state index contributed by atoms with van der Waals surface area (Å²) < 4.78 is 50.4. The molecule has 4 aromatic rings. The van der Waals surface area contributed by atoms with Crippen molar-refractivity contribution in [1.29, 1.82) is 0 Å². The van der Waals surface area contributed by atoms with E-state index >= 15 is 0 Å². The standard InChI is InChI=1S/C44H66O8Si2/c1-27(51-53(15,16)43(3,4)5)23-29-25-35(45-9)37-33(39(29)47-11)21-19-31(41(37)49-13)32-20-22-34-38(42(32)50-14)36(46-10)26-30(40(34)48-12)24-28(2)52-54(17,18)44(6,7)8/h19-22,25-28H,23-24H2,1-18H3/t27-,28-/m0/s1. The second-order valence-electron chi connectivity index (χ2n) is 17.5. The van der Waals surface area contributed by atoms with E-state index in [0.717, 1.165) is 55.3 Å². The van der Waals surface area contributed by atoms with Crippen molar-refractivity contribution in [1.82, 2.24) is 0 Å². The predicted octanol–water partition coefficient (Wildman–Crippen LogP) is 11.6. The molecular formula is C44H66O8Si2. The van der Waals surface area contributed by atoms with Crippen LogP contribution in [0.15, 0.2) is 36.4 Å². The fourth-order valence-corrected chi connectivity index (χ4v) is 9.87. The van der Waals surface area contributed by atoms with E-state index in [1.165, 1.54) is 0 Å². The minimum absolute atomic E-state index is 0.00890. The third-order valence-electron chi connectivity index (χ3n) is 11.7. The maximum atomic E-state index is 6.75. The van der Waals surface area contributed by atoms with Gasteiger partial charge in [0.2, 0.25) is 0 Å². The molecule has 0 aliphatic heterocycles. The molecule has 0 amide bonds. The Labute approximate surface area is 327 Å². The normalized spacial score (nSPS) is 13.9. The Morgan fingerprint density at radius 2 is 0.796 bits per heavy atom. The number of hydrogen-bond donors (Lipinski definition) is 0. The Bertz CT molecular complexity index is 1810. The van der Waals surface area contributed by atoms with Gasteiger partial charge in [0.25, 0.3) is 0 Å². The molecule has 0 aliphatic rings. The fourth-order valence-electron chi connectivity index (χ4n) is 6.99. The Morgan fingerprint density at radius 1 is 0.481 bits per heavy atom. The first-order valence-corrected chi connectivity index (χ1v) is 24.8. The lowest BCUT2D eigenvalue weighted by Gasteiger charge is -2.38. The highest BCUT2D eigenvalue weighted by Gasteiger charge is 2.40. The molecule has 0 fully saturated rings. The molecule has 8 nitrogen and oxygen atoms in total. The van der Waals surface area contributed by atoms with Gasteiger partial charge in [-0.25, -0.2) is 0 Å². The number of ether oxygens (including phenoxy) is 6. The molecule has 4 aromatic carbocycles. The van der Waals surface area contributed by atoms with E-state index in [-0.39, 0.29) is 22.3 Å². The predicted molar refractivity (Wildman–Crippen MR) is 229 cm³/mol. The van der Waals surface area contributed by atoms with Gasteiger partial charge in [0.15, 0.2) is 16.6 Å². The van der Waals surface area contributed by atoms with Crippen molar-refractivity contribution in [3.63, 3.8) is 0 Å². The van der Waals surface area contributed by atoms with Crippen LogP contribution < -0.4 is 28.4 Å². The van der Waals surface area contributed by atoms with Crippen LogP contribution in [0.2, 0.25) is 36.3 Å². The molecule has 10 heteroatoms. The third-order valence-corrected chi connectivity index (χ3v) is 20.9. The van der Waals surface area contributed by atoms with Gasteiger partial charge in [-0.3, -0.25) is 0 Å². The van der Waals surface area contributed by atoms with Crippen LogP contribution in [-0.2, 0) is 21.7 Å². The quantitative estimate of drug-likeness (QED) is 0.110. The van der Waals surface area contributed by atoms with Crippen LogP contribution in [-0.4, -0.2) is 71.5 Å². The zero-order valence-corrected chi connectivity index (χ0v) is 38.3. The van der Waals surface area contributed by atoms with Crippen LogP contribution in [0.4, 0.5) is 0 Å². The first-order chi connectivity index (χ1) is 25.1. The molecule has 0 saturated heterocycles. The van der Waals surface area contributed by atoms with Crippen LogP contribution in [0.5, 0.6) is 34.5 Å². The van der Waals surface area contributed by atoms with Crippen molar-refractivity contribution in [2.75, 3.05) is 42.7 Å². The molecule has 54 heavy (non-hydrogen) atoms. The minimum atomic E-state index is -1.98. The second kappa shape index (κ2) is 16.3. The van der Waals surface area contributed by atoms with Gasteiger partial charge in [-0.1, -0.05) is 41.5 Å². The fraction of sp³-hybridized carbons (Fsp3) is 0.545. The van der Waals surface area contributed by atoms with E-state index in [2.05, 4.69) is 118 Å². The van der Waals surface area contributed by atoms with Gasteiger partial charge >= 0.3 is 0 Å². The Kier molecular flexibility index (Phi) is 13.1. The van der Waals surface area contributed by atoms with E-state index in [1.54, 1.807) is 42.7 Å². The first kappa shape index (κ1) is 43.3. The van der Waals surface area contributed by atoms with Gasteiger partial charge in [0.05, 0.1) is 53.4 Å². The molecule has 0 heterocycles. The second-order valence-corrected chi connectivity index (χ2v) is 27.0. The highest BCUT2D eigenvalue weighted by Crippen LogP contribution is 2.52. The van der Waals surface area contributed by atoms with Gasteiger partial charge in [-0.15, -0.1) is 0 Å². The van der Waals surface area contributed by atoms with Crippen molar-refractivity contribution in [2.45, 2.75) is 117 Å². The summed E-state index contributed by atoms with van der Waals surface area (Å²) >= 11 is 0. The van der Waals surface area contributed by atoms with Crippen LogP contribution in [0.1, 0.15) is 66.5 Å². The summed E-state index contributed by atoms with van der Waals surface area (Å²) in [6.45, 7) is 27.0. The monoisotopic (exact) mass is 778 g/mol. The smallest absolute Gasteiger partial charge is 0.192 e. The lowest BCUT2D eigenvalue weighted by molar-refractivity contribution is 0.198. The molecule has 298 valence electrons. The van der Waals surface area contributed by atoms with Gasteiger partial charge in [-0.2, -0.15) is 0 Å². The average Bonchev–Trinajstić information content (AvgIpc) is 3.08. The number of benzene rings is 4. The highest BCUT2D eigenvalue weighted by atomic mass is 28.4. The van der Waals surface area contributed by atoms with E-state index in [1.807, 2.05) is 0 Å².